The van der Waals surface area contributed by atoms with Crippen LogP contribution < -0.4 is 5.46 Å². The summed E-state index contributed by atoms with van der Waals surface area (Å²) >= 11 is 0. The summed E-state index contributed by atoms with van der Waals surface area (Å²) in [6, 6.07) is 6.50. The van der Waals surface area contributed by atoms with Gasteiger partial charge in [0.05, 0.1) is 0 Å². The average Bonchev–Trinajstić information content (AvgIpc) is 1.64. The molecule has 40 valence electrons. The number of halogens is 1. The van der Waals surface area contributed by atoms with Crippen LogP contribution in [0, 0.1) is 5.82 Å². The summed E-state index contributed by atoms with van der Waals surface area (Å²) in [5.41, 5.74) is 0.963. The van der Waals surface area contributed by atoms with Gasteiger partial charge in [-0.05, 0) is 12.1 Å². The van der Waals surface area contributed by atoms with Crippen molar-refractivity contribution in [2.24, 2.45) is 0 Å². The molecule has 0 bridgehead atoms. The predicted octanol–water partition coefficient (Wildman–Crippen LogP) is 0.0841. The maximum atomic E-state index is 12.2. The summed E-state index contributed by atoms with van der Waals surface area (Å²) in [6.07, 6.45) is 0. The molecule has 0 nitrogen and oxygen atoms in total. The van der Waals surface area contributed by atoms with E-state index >= 15 is 0 Å². The molecule has 0 aliphatic heterocycles. The zero-order valence-electron chi connectivity index (χ0n) is 4.69. The minimum absolute atomic E-state index is 0.162. The first-order valence-corrected chi connectivity index (χ1v) is 2.51. The highest BCUT2D eigenvalue weighted by atomic mass is 19.1. The second-order valence-electron chi connectivity index (χ2n) is 1.80. The van der Waals surface area contributed by atoms with Gasteiger partial charge in [0.15, 0.2) is 0 Å². The van der Waals surface area contributed by atoms with Crippen molar-refractivity contribution >= 4 is 13.3 Å². The Hall–Kier alpha value is -0.785. The minimum atomic E-state index is -0.162. The standard InChI is InChI=1S/C6H6BF/c7-5-2-1-3-6(8)4-5/h1-4H,7H2. The van der Waals surface area contributed by atoms with E-state index in [1.54, 1.807) is 6.07 Å². The summed E-state index contributed by atoms with van der Waals surface area (Å²) < 4.78 is 12.2. The summed E-state index contributed by atoms with van der Waals surface area (Å²) in [7, 11) is 1.86. The van der Waals surface area contributed by atoms with Gasteiger partial charge in [0, 0.05) is 0 Å². The van der Waals surface area contributed by atoms with E-state index in [0.717, 1.165) is 5.46 Å². The molecule has 0 atom stereocenters. The van der Waals surface area contributed by atoms with Crippen molar-refractivity contribution in [3.05, 3.63) is 30.1 Å². The molecule has 0 N–H and O–H groups in total. The van der Waals surface area contributed by atoms with Crippen molar-refractivity contribution < 1.29 is 4.39 Å². The minimum Gasteiger partial charge on any atom is -0.207 e. The third kappa shape index (κ3) is 1.09. The van der Waals surface area contributed by atoms with Crippen LogP contribution >= 0.6 is 0 Å². The third-order valence-electron chi connectivity index (χ3n) is 0.980. The maximum absolute atomic E-state index is 12.2. The number of rotatable bonds is 0. The smallest absolute Gasteiger partial charge is 0.139 e. The van der Waals surface area contributed by atoms with Gasteiger partial charge in [0.25, 0.3) is 0 Å². The Morgan fingerprint density at radius 1 is 1.38 bits per heavy atom. The zero-order valence-corrected chi connectivity index (χ0v) is 4.69. The first-order chi connectivity index (χ1) is 3.79. The van der Waals surface area contributed by atoms with Gasteiger partial charge in [0.1, 0.15) is 13.7 Å². The Morgan fingerprint density at radius 2 is 2.12 bits per heavy atom. The Kier molecular flexibility index (Phi) is 1.33. The van der Waals surface area contributed by atoms with Gasteiger partial charge in [-0.2, -0.15) is 0 Å². The fourth-order valence-electron chi connectivity index (χ4n) is 0.606. The molecule has 0 aliphatic carbocycles. The van der Waals surface area contributed by atoms with Gasteiger partial charge in [-0.3, -0.25) is 0 Å². The average molecular weight is 108 g/mol. The Bertz CT molecular complexity index is 168. The van der Waals surface area contributed by atoms with Crippen molar-refractivity contribution in [1.29, 1.82) is 0 Å². The molecule has 0 spiro atoms. The topological polar surface area (TPSA) is 0 Å². The zero-order chi connectivity index (χ0) is 5.98. The lowest BCUT2D eigenvalue weighted by molar-refractivity contribution is 0.629. The Labute approximate surface area is 48.7 Å². The van der Waals surface area contributed by atoms with E-state index < -0.39 is 0 Å². The van der Waals surface area contributed by atoms with Crippen molar-refractivity contribution in [1.82, 2.24) is 0 Å². The fourth-order valence-corrected chi connectivity index (χ4v) is 0.606. The largest absolute Gasteiger partial charge is 0.207 e. The van der Waals surface area contributed by atoms with Gasteiger partial charge < -0.3 is 0 Å². The van der Waals surface area contributed by atoms with Gasteiger partial charge in [-0.25, -0.2) is 4.39 Å². The maximum Gasteiger partial charge on any atom is 0.139 e. The van der Waals surface area contributed by atoms with E-state index in [9.17, 15) is 4.39 Å². The van der Waals surface area contributed by atoms with E-state index in [1.165, 1.54) is 12.1 Å². The van der Waals surface area contributed by atoms with Crippen LogP contribution in [-0.4, -0.2) is 7.85 Å². The molecule has 2 heteroatoms. The molecule has 0 amide bonds. The summed E-state index contributed by atoms with van der Waals surface area (Å²) in [6.45, 7) is 0. The van der Waals surface area contributed by atoms with Crippen LogP contribution in [0.1, 0.15) is 0 Å². The normalized spacial score (nSPS) is 9.12. The van der Waals surface area contributed by atoms with E-state index in [0.29, 0.717) is 0 Å². The Balaban J connectivity index is 3.08. The van der Waals surface area contributed by atoms with Crippen molar-refractivity contribution in [2.45, 2.75) is 0 Å². The predicted molar refractivity (Wildman–Crippen MR) is 34.6 cm³/mol. The van der Waals surface area contributed by atoms with E-state index in [2.05, 4.69) is 0 Å². The van der Waals surface area contributed by atoms with Crippen LogP contribution in [0.2, 0.25) is 0 Å². The summed E-state index contributed by atoms with van der Waals surface area (Å²) in [5.74, 6) is -0.162. The molecule has 1 aromatic carbocycles. The lowest BCUT2D eigenvalue weighted by Gasteiger charge is -1.87. The first-order valence-electron chi connectivity index (χ1n) is 2.51. The highest BCUT2D eigenvalue weighted by molar-refractivity contribution is 6.32. The molecule has 0 saturated heterocycles. The van der Waals surface area contributed by atoms with Crippen LogP contribution in [0.5, 0.6) is 0 Å². The molecule has 0 saturated carbocycles. The molecular formula is C6H6BF. The molecular weight excluding hydrogens is 102 g/mol. The fraction of sp³-hybridized carbons (Fsp3) is 0. The molecule has 0 radical (unpaired) electrons. The van der Waals surface area contributed by atoms with E-state index in [4.69, 9.17) is 0 Å². The lowest BCUT2D eigenvalue weighted by atomic mass is 9.97. The van der Waals surface area contributed by atoms with Crippen LogP contribution in [0.15, 0.2) is 24.3 Å². The first kappa shape index (κ1) is 5.35. The van der Waals surface area contributed by atoms with Crippen LogP contribution in [0.4, 0.5) is 4.39 Å². The SMILES string of the molecule is Bc1cccc(F)c1. The second kappa shape index (κ2) is 1.99. The molecule has 0 heterocycles. The van der Waals surface area contributed by atoms with E-state index in [1.807, 2.05) is 13.9 Å². The number of hydrogen-bond acceptors (Lipinski definition) is 0. The number of benzene rings is 1. The molecule has 0 aromatic heterocycles. The van der Waals surface area contributed by atoms with Gasteiger partial charge in [-0.15, -0.1) is 0 Å². The molecule has 8 heavy (non-hydrogen) atoms. The molecule has 0 aliphatic rings. The van der Waals surface area contributed by atoms with Crippen LogP contribution in [-0.2, 0) is 0 Å². The molecule has 1 rings (SSSR count). The van der Waals surface area contributed by atoms with Gasteiger partial charge in [0.2, 0.25) is 0 Å². The van der Waals surface area contributed by atoms with E-state index in [-0.39, 0.29) is 5.82 Å². The molecule has 0 unspecified atom stereocenters. The molecule has 0 fully saturated rings. The lowest BCUT2D eigenvalue weighted by Crippen LogP contribution is -2.00. The highest BCUT2D eigenvalue weighted by Crippen LogP contribution is 1.89. The van der Waals surface area contributed by atoms with Gasteiger partial charge in [-0.1, -0.05) is 17.6 Å². The van der Waals surface area contributed by atoms with Crippen LogP contribution in [0.25, 0.3) is 0 Å². The Morgan fingerprint density at radius 3 is 2.50 bits per heavy atom. The van der Waals surface area contributed by atoms with Crippen LogP contribution in [0.3, 0.4) is 0 Å². The van der Waals surface area contributed by atoms with Crippen molar-refractivity contribution in [3.63, 3.8) is 0 Å². The third-order valence-corrected chi connectivity index (χ3v) is 0.980. The van der Waals surface area contributed by atoms with Gasteiger partial charge >= 0.3 is 0 Å². The summed E-state index contributed by atoms with van der Waals surface area (Å²) in [5, 5.41) is 0. The molecule has 1 aromatic rings. The highest BCUT2D eigenvalue weighted by Gasteiger charge is 1.84. The quantitative estimate of drug-likeness (QED) is 0.413. The number of hydrogen-bond donors (Lipinski definition) is 0. The van der Waals surface area contributed by atoms with Crippen molar-refractivity contribution in [3.8, 4) is 0 Å². The van der Waals surface area contributed by atoms with Crippen molar-refractivity contribution in [2.75, 3.05) is 0 Å². The monoisotopic (exact) mass is 108 g/mol. The second-order valence-corrected chi connectivity index (χ2v) is 1.80. The summed E-state index contributed by atoms with van der Waals surface area (Å²) in [4.78, 5) is 0.